The van der Waals surface area contributed by atoms with Crippen LogP contribution in [0.4, 0.5) is 4.39 Å². The Morgan fingerprint density at radius 1 is 1.32 bits per heavy atom. The number of hydrogen-bond donors (Lipinski definition) is 2. The van der Waals surface area contributed by atoms with Crippen LogP contribution in [0.5, 0.6) is 0 Å². The molecular formula is C13H17FN4O. The van der Waals surface area contributed by atoms with Crippen LogP contribution in [0.3, 0.4) is 0 Å². The summed E-state index contributed by atoms with van der Waals surface area (Å²) >= 11 is 0. The maximum absolute atomic E-state index is 12.9. The van der Waals surface area contributed by atoms with E-state index >= 15 is 0 Å². The summed E-state index contributed by atoms with van der Waals surface area (Å²) in [7, 11) is 1.93. The number of carbonyl (C=O) groups excluding carboxylic acids is 1. The molecule has 0 saturated carbocycles. The van der Waals surface area contributed by atoms with Crippen LogP contribution in [-0.4, -0.2) is 36.9 Å². The van der Waals surface area contributed by atoms with Crippen molar-refractivity contribution in [2.24, 2.45) is 22.4 Å². The molecule has 1 aromatic carbocycles. The Hall–Kier alpha value is -1.95. The fourth-order valence-electron chi connectivity index (χ4n) is 2.51. The fourth-order valence-corrected chi connectivity index (χ4v) is 2.51. The topological polar surface area (TPSA) is 84.7 Å². The molecule has 1 aliphatic rings. The molecule has 0 aromatic heterocycles. The van der Waals surface area contributed by atoms with Crippen molar-refractivity contribution in [2.75, 3.05) is 20.1 Å². The van der Waals surface area contributed by atoms with Gasteiger partial charge in [0.2, 0.25) is 0 Å². The molecule has 1 amide bonds. The van der Waals surface area contributed by atoms with E-state index in [2.05, 4.69) is 4.99 Å². The van der Waals surface area contributed by atoms with E-state index in [4.69, 9.17) is 11.5 Å². The predicted molar refractivity (Wildman–Crippen MR) is 70.9 cm³/mol. The van der Waals surface area contributed by atoms with E-state index in [0.717, 1.165) is 12.1 Å². The highest BCUT2D eigenvalue weighted by atomic mass is 19.1. The molecule has 1 saturated heterocycles. The molecule has 0 spiro atoms. The first-order valence-corrected chi connectivity index (χ1v) is 6.05. The lowest BCUT2D eigenvalue weighted by atomic mass is 9.88. The van der Waals surface area contributed by atoms with Gasteiger partial charge in [-0.2, -0.15) is 4.99 Å². The van der Waals surface area contributed by atoms with E-state index in [1.165, 1.54) is 12.1 Å². The number of nitrogens with two attached hydrogens (primary N) is 2. The van der Waals surface area contributed by atoms with E-state index in [9.17, 15) is 9.18 Å². The Kier molecular flexibility index (Phi) is 3.80. The van der Waals surface area contributed by atoms with Crippen LogP contribution >= 0.6 is 0 Å². The summed E-state index contributed by atoms with van der Waals surface area (Å²) in [5, 5.41) is 0. The molecule has 5 nitrogen and oxygen atoms in total. The molecule has 19 heavy (non-hydrogen) atoms. The molecule has 0 bridgehead atoms. The van der Waals surface area contributed by atoms with Crippen LogP contribution in [0.25, 0.3) is 0 Å². The van der Waals surface area contributed by atoms with E-state index in [1.54, 1.807) is 12.1 Å². The van der Waals surface area contributed by atoms with Crippen molar-refractivity contribution in [3.8, 4) is 0 Å². The summed E-state index contributed by atoms with van der Waals surface area (Å²) in [6.07, 6.45) is 0. The lowest BCUT2D eigenvalue weighted by Crippen LogP contribution is -2.28. The van der Waals surface area contributed by atoms with Gasteiger partial charge < -0.3 is 16.4 Å². The number of nitrogens with zero attached hydrogens (tertiary/aromatic N) is 2. The standard InChI is InChI=1S/C13H17FN4O/c1-18-6-10(8-2-4-9(14)5-3-8)11(7-18)12(19)17-13(15)16/h2-5,10-11H,6-7H2,1H3,(H4,15,16,17,19)/t10-,11+/m1/s1. The molecule has 2 atom stereocenters. The van der Waals surface area contributed by atoms with Crippen molar-refractivity contribution in [3.63, 3.8) is 0 Å². The molecule has 1 fully saturated rings. The fraction of sp³-hybridized carbons (Fsp3) is 0.385. The van der Waals surface area contributed by atoms with Crippen LogP contribution in [0.15, 0.2) is 29.3 Å². The molecule has 6 heteroatoms. The monoisotopic (exact) mass is 264 g/mol. The van der Waals surface area contributed by atoms with Gasteiger partial charge in [0.1, 0.15) is 5.82 Å². The van der Waals surface area contributed by atoms with E-state index < -0.39 is 0 Å². The second-order valence-electron chi connectivity index (χ2n) is 4.86. The molecule has 1 heterocycles. The first-order valence-electron chi connectivity index (χ1n) is 6.05. The van der Waals surface area contributed by atoms with Crippen LogP contribution < -0.4 is 11.5 Å². The van der Waals surface area contributed by atoms with E-state index in [0.29, 0.717) is 6.54 Å². The van der Waals surface area contributed by atoms with Crippen molar-refractivity contribution in [1.82, 2.24) is 4.90 Å². The number of guanidine groups is 1. The second-order valence-corrected chi connectivity index (χ2v) is 4.86. The molecule has 1 aliphatic heterocycles. The molecule has 0 unspecified atom stereocenters. The lowest BCUT2D eigenvalue weighted by Gasteiger charge is -2.15. The number of likely N-dealkylation sites (tertiary alicyclic amines) is 1. The molecule has 0 radical (unpaired) electrons. The maximum Gasteiger partial charge on any atom is 0.253 e. The zero-order chi connectivity index (χ0) is 14.0. The number of hydrogen-bond acceptors (Lipinski definition) is 2. The number of likely N-dealkylation sites (N-methyl/N-ethyl adjacent to an activating group) is 1. The number of benzene rings is 1. The van der Waals surface area contributed by atoms with Crippen molar-refractivity contribution in [3.05, 3.63) is 35.6 Å². The summed E-state index contributed by atoms with van der Waals surface area (Å²) in [6.45, 7) is 1.32. The van der Waals surface area contributed by atoms with Crippen molar-refractivity contribution in [2.45, 2.75) is 5.92 Å². The van der Waals surface area contributed by atoms with Gasteiger partial charge in [-0.15, -0.1) is 0 Å². The van der Waals surface area contributed by atoms with Crippen molar-refractivity contribution in [1.29, 1.82) is 0 Å². The van der Waals surface area contributed by atoms with E-state index in [1.807, 2.05) is 11.9 Å². The number of carbonyl (C=O) groups is 1. The van der Waals surface area contributed by atoms with Gasteiger partial charge in [0.05, 0.1) is 5.92 Å². The zero-order valence-electron chi connectivity index (χ0n) is 10.7. The van der Waals surface area contributed by atoms with Gasteiger partial charge in [0.15, 0.2) is 5.96 Å². The molecular weight excluding hydrogens is 247 g/mol. The smallest absolute Gasteiger partial charge is 0.253 e. The molecule has 4 N–H and O–H groups in total. The largest absolute Gasteiger partial charge is 0.370 e. The van der Waals surface area contributed by atoms with Crippen molar-refractivity contribution >= 4 is 11.9 Å². The van der Waals surface area contributed by atoms with Crippen molar-refractivity contribution < 1.29 is 9.18 Å². The second kappa shape index (κ2) is 5.36. The Morgan fingerprint density at radius 3 is 2.53 bits per heavy atom. The van der Waals surface area contributed by atoms with Gasteiger partial charge in [0.25, 0.3) is 5.91 Å². The molecule has 2 rings (SSSR count). The molecule has 1 aromatic rings. The highest BCUT2D eigenvalue weighted by molar-refractivity contribution is 5.93. The Bertz CT molecular complexity index is 496. The first kappa shape index (κ1) is 13.5. The quantitative estimate of drug-likeness (QED) is 0.593. The third-order valence-corrected chi connectivity index (χ3v) is 3.36. The lowest BCUT2D eigenvalue weighted by molar-refractivity contribution is -0.121. The molecule has 0 aliphatic carbocycles. The highest BCUT2D eigenvalue weighted by Gasteiger charge is 2.36. The average molecular weight is 264 g/mol. The minimum Gasteiger partial charge on any atom is -0.370 e. The van der Waals surface area contributed by atoms with Gasteiger partial charge in [-0.3, -0.25) is 4.79 Å². The van der Waals surface area contributed by atoms with Gasteiger partial charge in [-0.05, 0) is 24.7 Å². The van der Waals surface area contributed by atoms with Crippen LogP contribution in [0.2, 0.25) is 0 Å². The summed E-state index contributed by atoms with van der Waals surface area (Å²) < 4.78 is 12.9. The summed E-state index contributed by atoms with van der Waals surface area (Å²) in [5.41, 5.74) is 11.4. The third kappa shape index (κ3) is 3.08. The van der Waals surface area contributed by atoms with Crippen LogP contribution in [0.1, 0.15) is 11.5 Å². The van der Waals surface area contributed by atoms with Crippen LogP contribution in [0, 0.1) is 11.7 Å². The number of aliphatic imine (C=N–C) groups is 1. The average Bonchev–Trinajstić information content (AvgIpc) is 2.71. The summed E-state index contributed by atoms with van der Waals surface area (Å²) in [4.78, 5) is 17.7. The minimum absolute atomic E-state index is 0.0128. The van der Waals surface area contributed by atoms with Gasteiger partial charge in [-0.1, -0.05) is 12.1 Å². The Labute approximate surface area is 111 Å². The van der Waals surface area contributed by atoms with Gasteiger partial charge in [-0.25, -0.2) is 4.39 Å². The maximum atomic E-state index is 12.9. The van der Waals surface area contributed by atoms with Gasteiger partial charge in [0, 0.05) is 19.0 Å². The number of halogens is 1. The highest BCUT2D eigenvalue weighted by Crippen LogP contribution is 2.32. The SMILES string of the molecule is CN1C[C@H](C(=O)N=C(N)N)[C@@H](c2ccc(F)cc2)C1. The van der Waals surface area contributed by atoms with Gasteiger partial charge >= 0.3 is 0 Å². The van der Waals surface area contributed by atoms with Crippen LogP contribution in [-0.2, 0) is 4.79 Å². The Balaban J connectivity index is 2.25. The summed E-state index contributed by atoms with van der Waals surface area (Å²) in [6, 6.07) is 6.20. The summed E-state index contributed by atoms with van der Waals surface area (Å²) in [5.74, 6) is -1.14. The third-order valence-electron chi connectivity index (χ3n) is 3.36. The normalized spacial score (nSPS) is 23.3. The number of rotatable bonds is 2. The first-order chi connectivity index (χ1) is 8.97. The zero-order valence-corrected chi connectivity index (χ0v) is 10.7. The number of amides is 1. The predicted octanol–water partition coefficient (Wildman–Crippen LogP) is 0.271. The molecule has 102 valence electrons. The Morgan fingerprint density at radius 2 is 1.95 bits per heavy atom. The van der Waals surface area contributed by atoms with E-state index in [-0.39, 0.29) is 29.5 Å². The minimum atomic E-state index is -0.321.